The van der Waals surface area contributed by atoms with Gasteiger partial charge in [0.05, 0.1) is 10.5 Å². The van der Waals surface area contributed by atoms with E-state index in [2.05, 4.69) is 0 Å². The fourth-order valence-corrected chi connectivity index (χ4v) is 1.14. The van der Waals surface area contributed by atoms with E-state index in [4.69, 9.17) is 0 Å². The van der Waals surface area contributed by atoms with Crippen molar-refractivity contribution < 1.29 is 4.92 Å². The van der Waals surface area contributed by atoms with Gasteiger partial charge in [0.15, 0.2) is 0 Å². The van der Waals surface area contributed by atoms with Crippen molar-refractivity contribution in [2.75, 3.05) is 0 Å². The molecule has 0 unspecified atom stereocenters. The Labute approximate surface area is 88.9 Å². The maximum Gasteiger partial charge on any atom is 0.276 e. The van der Waals surface area contributed by atoms with Gasteiger partial charge in [-0.2, -0.15) is 0 Å². The minimum Gasteiger partial charge on any atom is -0.258 e. The molecule has 1 aromatic rings. The average molecular weight is 203 g/mol. The van der Waals surface area contributed by atoms with Crippen LogP contribution in [0, 0.1) is 10.1 Å². The highest BCUT2D eigenvalue weighted by molar-refractivity contribution is 5.61. The molecule has 0 saturated carbocycles. The van der Waals surface area contributed by atoms with E-state index in [-0.39, 0.29) is 10.6 Å². The number of benzene rings is 1. The molecular weight excluding hydrogens is 190 g/mol. The summed E-state index contributed by atoms with van der Waals surface area (Å²) in [5, 5.41) is 10.7. The van der Waals surface area contributed by atoms with Gasteiger partial charge in [0.2, 0.25) is 0 Å². The van der Waals surface area contributed by atoms with E-state index in [9.17, 15) is 10.1 Å². The number of rotatable bonds is 3. The topological polar surface area (TPSA) is 43.1 Å². The molecule has 0 aromatic heterocycles. The van der Waals surface area contributed by atoms with Crippen LogP contribution >= 0.6 is 0 Å². The van der Waals surface area contributed by atoms with Gasteiger partial charge < -0.3 is 0 Å². The van der Waals surface area contributed by atoms with Gasteiger partial charge >= 0.3 is 0 Å². The standard InChI is InChI=1S/C12H13NO2/c1-10(2)6-5-8-11-7-3-4-9-12(11)13(14)15/h3-9H,1-2H3/b8-5-. The third kappa shape index (κ3) is 3.38. The second kappa shape index (κ2) is 5.10. The summed E-state index contributed by atoms with van der Waals surface area (Å²) < 4.78 is 0. The van der Waals surface area contributed by atoms with Gasteiger partial charge in [0, 0.05) is 6.07 Å². The van der Waals surface area contributed by atoms with Crippen LogP contribution in [-0.2, 0) is 0 Å². The maximum absolute atomic E-state index is 10.7. The van der Waals surface area contributed by atoms with Crippen molar-refractivity contribution in [2.24, 2.45) is 0 Å². The van der Waals surface area contributed by atoms with Crippen molar-refractivity contribution in [3.05, 3.63) is 57.7 Å². The zero-order valence-corrected chi connectivity index (χ0v) is 8.81. The molecule has 0 radical (unpaired) electrons. The molecule has 0 aliphatic heterocycles. The first-order valence-electron chi connectivity index (χ1n) is 4.66. The lowest BCUT2D eigenvalue weighted by Gasteiger charge is -1.95. The van der Waals surface area contributed by atoms with E-state index < -0.39 is 0 Å². The maximum atomic E-state index is 10.7. The van der Waals surface area contributed by atoms with Gasteiger partial charge in [-0.1, -0.05) is 29.9 Å². The zero-order chi connectivity index (χ0) is 11.3. The van der Waals surface area contributed by atoms with Crippen LogP contribution in [0.4, 0.5) is 5.69 Å². The van der Waals surface area contributed by atoms with E-state index in [1.807, 2.05) is 26.0 Å². The number of allylic oxidation sites excluding steroid dienone is 3. The lowest BCUT2D eigenvalue weighted by atomic mass is 10.1. The summed E-state index contributed by atoms with van der Waals surface area (Å²) in [6, 6.07) is 6.68. The smallest absolute Gasteiger partial charge is 0.258 e. The summed E-state index contributed by atoms with van der Waals surface area (Å²) >= 11 is 0. The van der Waals surface area contributed by atoms with Crippen molar-refractivity contribution in [1.82, 2.24) is 0 Å². The molecule has 0 aliphatic rings. The Balaban J connectivity index is 2.99. The lowest BCUT2D eigenvalue weighted by molar-refractivity contribution is -0.385. The summed E-state index contributed by atoms with van der Waals surface area (Å²) in [5.74, 6) is 0. The Morgan fingerprint density at radius 1 is 1.33 bits per heavy atom. The summed E-state index contributed by atoms with van der Waals surface area (Å²) in [6.07, 6.45) is 5.47. The normalized spacial score (nSPS) is 10.3. The lowest BCUT2D eigenvalue weighted by Crippen LogP contribution is -1.90. The van der Waals surface area contributed by atoms with E-state index in [0.29, 0.717) is 5.56 Å². The Morgan fingerprint density at radius 2 is 2.00 bits per heavy atom. The number of nitro groups is 1. The monoisotopic (exact) mass is 203 g/mol. The molecule has 0 bridgehead atoms. The number of para-hydroxylation sites is 1. The third-order valence-corrected chi connectivity index (χ3v) is 1.84. The summed E-state index contributed by atoms with van der Waals surface area (Å²) in [6.45, 7) is 3.95. The van der Waals surface area contributed by atoms with Crippen LogP contribution in [0.1, 0.15) is 19.4 Å². The molecule has 0 spiro atoms. The van der Waals surface area contributed by atoms with Crippen molar-refractivity contribution >= 4 is 11.8 Å². The fraction of sp³-hybridized carbons (Fsp3) is 0.167. The number of nitrogens with zero attached hydrogens (tertiary/aromatic N) is 1. The van der Waals surface area contributed by atoms with Crippen molar-refractivity contribution in [1.29, 1.82) is 0 Å². The second-order valence-electron chi connectivity index (χ2n) is 3.42. The fourth-order valence-electron chi connectivity index (χ4n) is 1.14. The van der Waals surface area contributed by atoms with Gasteiger partial charge in [-0.3, -0.25) is 10.1 Å². The predicted octanol–water partition coefficient (Wildman–Crippen LogP) is 3.57. The minimum atomic E-state index is -0.373. The van der Waals surface area contributed by atoms with E-state index >= 15 is 0 Å². The molecule has 15 heavy (non-hydrogen) atoms. The molecule has 0 heterocycles. The average Bonchev–Trinajstić information content (AvgIpc) is 2.17. The highest BCUT2D eigenvalue weighted by Gasteiger charge is 2.08. The highest BCUT2D eigenvalue weighted by Crippen LogP contribution is 2.18. The molecule has 1 rings (SSSR count). The van der Waals surface area contributed by atoms with Crippen LogP contribution in [0.25, 0.3) is 6.08 Å². The molecule has 1 aromatic carbocycles. The van der Waals surface area contributed by atoms with Gasteiger partial charge in [0.25, 0.3) is 5.69 Å². The van der Waals surface area contributed by atoms with Gasteiger partial charge in [-0.15, -0.1) is 0 Å². The van der Waals surface area contributed by atoms with Crippen LogP contribution < -0.4 is 0 Å². The Bertz CT molecular complexity index is 415. The Morgan fingerprint density at radius 3 is 2.60 bits per heavy atom. The quantitative estimate of drug-likeness (QED) is 0.428. The van der Waals surface area contributed by atoms with Gasteiger partial charge in [-0.05, 0) is 26.0 Å². The molecule has 0 fully saturated rings. The second-order valence-corrected chi connectivity index (χ2v) is 3.42. The van der Waals surface area contributed by atoms with Crippen LogP contribution in [0.15, 0.2) is 42.0 Å². The minimum absolute atomic E-state index is 0.135. The molecule has 0 aliphatic carbocycles. The number of hydrogen-bond acceptors (Lipinski definition) is 2. The van der Waals surface area contributed by atoms with E-state index in [1.165, 1.54) is 6.07 Å². The summed E-state index contributed by atoms with van der Waals surface area (Å²) in [4.78, 5) is 10.3. The summed E-state index contributed by atoms with van der Waals surface area (Å²) in [7, 11) is 0. The third-order valence-electron chi connectivity index (χ3n) is 1.84. The van der Waals surface area contributed by atoms with Crippen molar-refractivity contribution in [3.63, 3.8) is 0 Å². The van der Waals surface area contributed by atoms with Gasteiger partial charge in [-0.25, -0.2) is 0 Å². The first kappa shape index (κ1) is 11.2. The predicted molar refractivity (Wildman–Crippen MR) is 61.6 cm³/mol. The summed E-state index contributed by atoms with van der Waals surface area (Å²) in [5.41, 5.74) is 1.92. The molecule has 0 N–H and O–H groups in total. The number of hydrogen-bond donors (Lipinski definition) is 0. The van der Waals surface area contributed by atoms with Crippen LogP contribution in [-0.4, -0.2) is 4.92 Å². The SMILES string of the molecule is CC(C)=C/C=C\c1ccccc1[N+](=O)[O-]. The largest absolute Gasteiger partial charge is 0.276 e. The Kier molecular flexibility index (Phi) is 3.80. The van der Waals surface area contributed by atoms with Crippen LogP contribution in [0.2, 0.25) is 0 Å². The molecule has 78 valence electrons. The molecule has 0 atom stereocenters. The molecule has 3 heteroatoms. The first-order valence-corrected chi connectivity index (χ1v) is 4.66. The van der Waals surface area contributed by atoms with E-state index in [1.54, 1.807) is 24.3 Å². The number of nitro benzene ring substituents is 1. The zero-order valence-electron chi connectivity index (χ0n) is 8.81. The Hall–Kier alpha value is -1.90. The van der Waals surface area contributed by atoms with Crippen LogP contribution in [0.5, 0.6) is 0 Å². The van der Waals surface area contributed by atoms with Crippen molar-refractivity contribution in [3.8, 4) is 0 Å². The highest BCUT2D eigenvalue weighted by atomic mass is 16.6. The first-order chi connectivity index (χ1) is 7.11. The van der Waals surface area contributed by atoms with Gasteiger partial charge in [0.1, 0.15) is 0 Å². The molecule has 0 amide bonds. The van der Waals surface area contributed by atoms with E-state index in [0.717, 1.165) is 5.57 Å². The molecule has 3 nitrogen and oxygen atoms in total. The van der Waals surface area contributed by atoms with Crippen LogP contribution in [0.3, 0.4) is 0 Å². The van der Waals surface area contributed by atoms with Crippen molar-refractivity contribution in [2.45, 2.75) is 13.8 Å². The molecular formula is C12H13NO2. The molecule has 0 saturated heterocycles.